The zero-order valence-corrected chi connectivity index (χ0v) is 22.6. The topological polar surface area (TPSA) is 0 Å². The molecule has 0 heterocycles. The first-order valence-corrected chi connectivity index (χ1v) is 16.3. The van der Waals surface area contributed by atoms with E-state index in [1.54, 1.807) is 55.8 Å². The van der Waals surface area contributed by atoms with Gasteiger partial charge in [-0.2, -0.15) is 0 Å². The van der Waals surface area contributed by atoms with Gasteiger partial charge in [-0.3, -0.25) is 0 Å². The summed E-state index contributed by atoms with van der Waals surface area (Å²) in [6.45, 7) is 0. The first-order chi connectivity index (χ1) is 16.4. The van der Waals surface area contributed by atoms with Crippen LogP contribution in [0.4, 0.5) is 0 Å². The third-order valence-electron chi connectivity index (χ3n) is 10.8. The van der Waals surface area contributed by atoms with Gasteiger partial charge in [0.05, 0.1) is 24.2 Å². The highest BCUT2D eigenvalue weighted by atomic mass is 15.4. The predicted octanol–water partition coefficient (Wildman–Crippen LogP) is 10.3. The maximum Gasteiger partial charge on any atom is 0.0896 e. The minimum absolute atomic E-state index is 1.00. The minimum atomic E-state index is 1.00. The summed E-state index contributed by atoms with van der Waals surface area (Å²) < 4.78 is 1.67. The van der Waals surface area contributed by atoms with Gasteiger partial charge < -0.3 is 4.48 Å². The molecule has 4 saturated carbocycles. The van der Waals surface area contributed by atoms with Gasteiger partial charge in [-0.1, -0.05) is 77.0 Å². The van der Waals surface area contributed by atoms with Crippen LogP contribution in [0.2, 0.25) is 0 Å². The van der Waals surface area contributed by atoms with Gasteiger partial charge in [0, 0.05) is 0 Å². The molecule has 4 rings (SSSR count). The smallest absolute Gasteiger partial charge is 0.0896 e. The average molecular weight is 459 g/mol. The van der Waals surface area contributed by atoms with Crippen molar-refractivity contribution in [2.45, 2.75) is 204 Å². The van der Waals surface area contributed by atoms with Gasteiger partial charge in [-0.05, 0) is 103 Å². The molecule has 0 spiro atoms. The summed E-state index contributed by atoms with van der Waals surface area (Å²) in [5, 5.41) is 0. The van der Waals surface area contributed by atoms with E-state index in [0.717, 1.165) is 24.2 Å². The van der Waals surface area contributed by atoms with Gasteiger partial charge in [0.1, 0.15) is 0 Å². The van der Waals surface area contributed by atoms with E-state index in [4.69, 9.17) is 0 Å². The van der Waals surface area contributed by atoms with Crippen molar-refractivity contribution in [2.75, 3.05) is 0 Å². The molecule has 1 heteroatoms. The van der Waals surface area contributed by atoms with Gasteiger partial charge in [0.25, 0.3) is 0 Å². The lowest BCUT2D eigenvalue weighted by molar-refractivity contribution is -1.02. The van der Waals surface area contributed by atoms with Crippen molar-refractivity contribution in [3.05, 3.63) is 0 Å². The molecule has 0 aromatic heterocycles. The van der Waals surface area contributed by atoms with Crippen molar-refractivity contribution in [3.63, 3.8) is 0 Å². The molecular formula is C32H60N+. The van der Waals surface area contributed by atoms with Crippen LogP contribution in [0.3, 0.4) is 0 Å². The molecule has 192 valence electrons. The quantitative estimate of drug-likeness (QED) is 0.367. The highest BCUT2D eigenvalue weighted by Gasteiger charge is 2.52. The number of hydrogen-bond acceptors (Lipinski definition) is 0. The van der Waals surface area contributed by atoms with Crippen LogP contribution in [0.15, 0.2) is 0 Å². The first kappa shape index (κ1) is 26.0. The van der Waals surface area contributed by atoms with Crippen LogP contribution in [0.25, 0.3) is 0 Å². The third kappa shape index (κ3) is 7.01. The van der Waals surface area contributed by atoms with Crippen molar-refractivity contribution in [2.24, 2.45) is 0 Å². The second-order valence-corrected chi connectivity index (χ2v) is 12.9. The zero-order valence-electron chi connectivity index (χ0n) is 22.6. The summed E-state index contributed by atoms with van der Waals surface area (Å²) in [4.78, 5) is 0. The molecule has 0 aromatic rings. The van der Waals surface area contributed by atoms with Crippen molar-refractivity contribution in [1.29, 1.82) is 0 Å². The third-order valence-corrected chi connectivity index (χ3v) is 10.8. The van der Waals surface area contributed by atoms with Crippen molar-refractivity contribution in [1.82, 2.24) is 0 Å². The van der Waals surface area contributed by atoms with E-state index in [1.807, 2.05) is 0 Å². The number of rotatable bonds is 4. The van der Waals surface area contributed by atoms with Crippen LogP contribution in [0, 0.1) is 0 Å². The number of nitrogens with zero attached hydrogens (tertiary/aromatic N) is 1. The molecule has 4 aliphatic carbocycles. The normalized spacial score (nSPS) is 28.4. The molecule has 0 atom stereocenters. The van der Waals surface area contributed by atoms with Crippen LogP contribution >= 0.6 is 0 Å². The lowest BCUT2D eigenvalue weighted by atomic mass is 9.78. The molecule has 1 nitrogen and oxygen atoms in total. The summed E-state index contributed by atoms with van der Waals surface area (Å²) in [5.41, 5.74) is 0. The molecule has 0 radical (unpaired) electrons. The Morgan fingerprint density at radius 3 is 0.545 bits per heavy atom. The molecule has 0 amide bonds. The highest BCUT2D eigenvalue weighted by Crippen LogP contribution is 2.46. The van der Waals surface area contributed by atoms with Crippen LogP contribution in [0.5, 0.6) is 0 Å². The Hall–Kier alpha value is -0.0400. The molecule has 4 aliphatic rings. The maximum atomic E-state index is 1.67. The van der Waals surface area contributed by atoms with Crippen molar-refractivity contribution < 1.29 is 4.48 Å². The number of hydrogen-bond donors (Lipinski definition) is 0. The lowest BCUT2D eigenvalue weighted by Crippen LogP contribution is -2.71. The molecule has 0 unspecified atom stereocenters. The van der Waals surface area contributed by atoms with E-state index < -0.39 is 0 Å². The molecule has 33 heavy (non-hydrogen) atoms. The summed E-state index contributed by atoms with van der Waals surface area (Å²) in [6, 6.07) is 4.01. The standard InChI is InChI=1S/C32H60N/c1-5-13-21-29(22-14-6-1)33(30-23-15-7-2-8-16-24-30,31-25-17-9-3-10-18-26-31)32-27-19-11-4-12-20-28-32/h29-32H,1-28H2/q+1. The SMILES string of the molecule is C1CCCC([N+](C2CCCCCCC2)(C2CCCCCCC2)C2CCCCCCC2)CCC1. The van der Waals surface area contributed by atoms with Gasteiger partial charge in [-0.15, -0.1) is 0 Å². The van der Waals surface area contributed by atoms with Gasteiger partial charge in [0.2, 0.25) is 0 Å². The van der Waals surface area contributed by atoms with Crippen molar-refractivity contribution >= 4 is 0 Å². The Balaban J connectivity index is 1.74. The van der Waals surface area contributed by atoms with E-state index in [0.29, 0.717) is 0 Å². The highest BCUT2D eigenvalue weighted by molar-refractivity contribution is 4.83. The summed E-state index contributed by atoms with van der Waals surface area (Å²) in [5.74, 6) is 0. The summed E-state index contributed by atoms with van der Waals surface area (Å²) in [7, 11) is 0. The largest absolute Gasteiger partial charge is 0.314 e. The van der Waals surface area contributed by atoms with Gasteiger partial charge in [0.15, 0.2) is 0 Å². The Morgan fingerprint density at radius 1 is 0.212 bits per heavy atom. The molecule has 0 N–H and O–H groups in total. The van der Waals surface area contributed by atoms with Crippen LogP contribution < -0.4 is 0 Å². The Bertz CT molecular complexity index is 387. The fourth-order valence-electron chi connectivity index (χ4n) is 9.32. The predicted molar refractivity (Wildman–Crippen MR) is 145 cm³/mol. The Labute approximate surface area is 208 Å². The monoisotopic (exact) mass is 458 g/mol. The molecule has 0 aromatic carbocycles. The van der Waals surface area contributed by atoms with Crippen LogP contribution in [0.1, 0.15) is 180 Å². The second-order valence-electron chi connectivity index (χ2n) is 12.9. The average Bonchev–Trinajstić information content (AvgIpc) is 2.71. The molecule has 0 aliphatic heterocycles. The van der Waals surface area contributed by atoms with Crippen LogP contribution in [-0.2, 0) is 0 Å². The minimum Gasteiger partial charge on any atom is -0.314 e. The second kappa shape index (κ2) is 14.5. The number of quaternary nitrogens is 1. The Morgan fingerprint density at radius 2 is 0.364 bits per heavy atom. The molecule has 0 saturated heterocycles. The fourth-order valence-corrected chi connectivity index (χ4v) is 9.32. The van der Waals surface area contributed by atoms with E-state index in [-0.39, 0.29) is 0 Å². The lowest BCUT2D eigenvalue weighted by Gasteiger charge is -2.60. The van der Waals surface area contributed by atoms with Crippen LogP contribution in [-0.4, -0.2) is 28.7 Å². The summed E-state index contributed by atoms with van der Waals surface area (Å²) >= 11 is 0. The molecule has 0 bridgehead atoms. The zero-order chi connectivity index (χ0) is 22.6. The Kier molecular flexibility index (Phi) is 11.4. The fraction of sp³-hybridized carbons (Fsp3) is 1.00. The molecular weight excluding hydrogens is 398 g/mol. The van der Waals surface area contributed by atoms with E-state index >= 15 is 0 Å². The van der Waals surface area contributed by atoms with Gasteiger partial charge >= 0.3 is 0 Å². The van der Waals surface area contributed by atoms with E-state index in [9.17, 15) is 0 Å². The first-order valence-electron chi connectivity index (χ1n) is 16.3. The summed E-state index contributed by atoms with van der Waals surface area (Å²) in [6.07, 6.45) is 43.2. The van der Waals surface area contributed by atoms with Gasteiger partial charge in [-0.25, -0.2) is 0 Å². The van der Waals surface area contributed by atoms with E-state index in [2.05, 4.69) is 0 Å². The molecule has 4 fully saturated rings. The van der Waals surface area contributed by atoms with Crippen molar-refractivity contribution in [3.8, 4) is 0 Å². The maximum absolute atomic E-state index is 1.67. The van der Waals surface area contributed by atoms with E-state index in [1.165, 1.54) is 128 Å².